The van der Waals surface area contributed by atoms with Crippen LogP contribution < -0.4 is 0 Å². The standard InChI is InChI=1S/C11H7ClN4O3/c12-9-2-1-8(7-10(9)16(18)19)11(17)15(5-3-13)6-4-14/h1-2,7H,5-6H2. The highest BCUT2D eigenvalue weighted by molar-refractivity contribution is 6.32. The predicted molar refractivity (Wildman–Crippen MR) is 65.2 cm³/mol. The molecule has 96 valence electrons. The number of carbonyl (C=O) groups is 1. The van der Waals surface area contributed by atoms with Crippen molar-refractivity contribution in [1.82, 2.24) is 4.90 Å². The van der Waals surface area contributed by atoms with E-state index in [1.165, 1.54) is 12.1 Å². The molecule has 0 atom stereocenters. The third-order valence-electron chi connectivity index (χ3n) is 2.20. The molecular weight excluding hydrogens is 272 g/mol. The van der Waals surface area contributed by atoms with Crippen molar-refractivity contribution in [3.8, 4) is 12.1 Å². The highest BCUT2D eigenvalue weighted by Gasteiger charge is 2.20. The summed E-state index contributed by atoms with van der Waals surface area (Å²) in [5.41, 5.74) is -0.400. The molecule has 8 heteroatoms. The monoisotopic (exact) mass is 278 g/mol. The first-order chi connectivity index (χ1) is 9.01. The van der Waals surface area contributed by atoms with Crippen LogP contribution in [0, 0.1) is 32.8 Å². The van der Waals surface area contributed by atoms with E-state index in [0.29, 0.717) is 0 Å². The molecule has 1 rings (SSSR count). The molecule has 1 amide bonds. The molecule has 1 aromatic rings. The molecule has 19 heavy (non-hydrogen) atoms. The number of carbonyl (C=O) groups excluding carboxylic acids is 1. The second-order valence-corrected chi connectivity index (χ2v) is 3.81. The van der Waals surface area contributed by atoms with E-state index in [2.05, 4.69) is 0 Å². The van der Waals surface area contributed by atoms with E-state index in [1.807, 2.05) is 0 Å². The Balaban J connectivity index is 3.12. The number of benzene rings is 1. The quantitative estimate of drug-likeness (QED) is 0.473. The molecule has 0 aliphatic heterocycles. The molecule has 0 fully saturated rings. The van der Waals surface area contributed by atoms with E-state index >= 15 is 0 Å². The van der Waals surface area contributed by atoms with Crippen LogP contribution in [0.5, 0.6) is 0 Å². The van der Waals surface area contributed by atoms with Crippen molar-refractivity contribution in [2.24, 2.45) is 0 Å². The molecule has 0 aromatic heterocycles. The summed E-state index contributed by atoms with van der Waals surface area (Å²) in [6, 6.07) is 7.04. The van der Waals surface area contributed by atoms with Gasteiger partial charge in [0.1, 0.15) is 18.1 Å². The number of halogens is 1. The average molecular weight is 279 g/mol. The third kappa shape index (κ3) is 3.41. The van der Waals surface area contributed by atoms with E-state index in [4.69, 9.17) is 22.1 Å². The molecule has 7 nitrogen and oxygen atoms in total. The summed E-state index contributed by atoms with van der Waals surface area (Å²) < 4.78 is 0. The van der Waals surface area contributed by atoms with Gasteiger partial charge in [-0.05, 0) is 12.1 Å². The van der Waals surface area contributed by atoms with Gasteiger partial charge in [0, 0.05) is 11.6 Å². The van der Waals surface area contributed by atoms with Crippen LogP contribution in [0.3, 0.4) is 0 Å². The lowest BCUT2D eigenvalue weighted by molar-refractivity contribution is -0.384. The van der Waals surface area contributed by atoms with Gasteiger partial charge in [-0.1, -0.05) is 11.6 Å². The summed E-state index contributed by atoms with van der Waals surface area (Å²) in [5.74, 6) is -0.636. The van der Waals surface area contributed by atoms with Gasteiger partial charge < -0.3 is 4.90 Å². The Morgan fingerprint density at radius 3 is 2.42 bits per heavy atom. The molecule has 0 radical (unpaired) electrons. The minimum Gasteiger partial charge on any atom is -0.312 e. The number of amides is 1. The number of rotatable bonds is 4. The second kappa shape index (κ2) is 6.34. The number of nitrogens with zero attached hydrogens (tertiary/aromatic N) is 4. The van der Waals surface area contributed by atoms with Crippen LogP contribution in [0.4, 0.5) is 5.69 Å². The van der Waals surface area contributed by atoms with E-state index in [0.717, 1.165) is 11.0 Å². The maximum absolute atomic E-state index is 12.0. The van der Waals surface area contributed by atoms with Crippen LogP contribution >= 0.6 is 11.6 Å². The summed E-state index contributed by atoms with van der Waals surface area (Å²) >= 11 is 5.63. The molecule has 0 spiro atoms. The van der Waals surface area contributed by atoms with E-state index in [1.54, 1.807) is 12.1 Å². The van der Waals surface area contributed by atoms with E-state index in [-0.39, 0.29) is 23.7 Å². The third-order valence-corrected chi connectivity index (χ3v) is 2.52. The molecule has 0 aliphatic rings. The minimum absolute atomic E-state index is 0.00148. The summed E-state index contributed by atoms with van der Waals surface area (Å²) in [7, 11) is 0. The van der Waals surface area contributed by atoms with Gasteiger partial charge in [-0.15, -0.1) is 0 Å². The molecule has 0 unspecified atom stereocenters. The number of nitro benzene ring substituents is 1. The van der Waals surface area contributed by atoms with Gasteiger partial charge in [-0.25, -0.2) is 0 Å². The van der Waals surface area contributed by atoms with Crippen molar-refractivity contribution < 1.29 is 9.72 Å². The van der Waals surface area contributed by atoms with Crippen molar-refractivity contribution >= 4 is 23.2 Å². The first-order valence-electron chi connectivity index (χ1n) is 4.98. The highest BCUT2D eigenvalue weighted by atomic mass is 35.5. The molecule has 0 aliphatic carbocycles. The second-order valence-electron chi connectivity index (χ2n) is 3.40. The lowest BCUT2D eigenvalue weighted by atomic mass is 10.1. The molecular formula is C11H7ClN4O3. The summed E-state index contributed by atoms with van der Waals surface area (Å²) in [6.45, 7) is -0.550. The van der Waals surface area contributed by atoms with Crippen molar-refractivity contribution in [3.63, 3.8) is 0 Å². The predicted octanol–water partition coefficient (Wildman–Crippen LogP) is 1.74. The number of hydrogen-bond donors (Lipinski definition) is 0. The fraction of sp³-hybridized carbons (Fsp3) is 0.182. The fourth-order valence-corrected chi connectivity index (χ4v) is 1.52. The lowest BCUT2D eigenvalue weighted by Crippen LogP contribution is -2.31. The zero-order chi connectivity index (χ0) is 14.4. The number of hydrogen-bond acceptors (Lipinski definition) is 5. The van der Waals surface area contributed by atoms with Gasteiger partial charge >= 0.3 is 0 Å². The Hall–Kier alpha value is -2.64. The topological polar surface area (TPSA) is 111 Å². The van der Waals surface area contributed by atoms with E-state index in [9.17, 15) is 14.9 Å². The molecule has 0 bridgehead atoms. The highest BCUT2D eigenvalue weighted by Crippen LogP contribution is 2.25. The summed E-state index contributed by atoms with van der Waals surface area (Å²) in [4.78, 5) is 22.9. The van der Waals surface area contributed by atoms with Crippen LogP contribution in [0.25, 0.3) is 0 Å². The minimum atomic E-state index is -0.710. The van der Waals surface area contributed by atoms with Gasteiger partial charge in [0.25, 0.3) is 11.6 Å². The van der Waals surface area contributed by atoms with E-state index < -0.39 is 16.5 Å². The zero-order valence-electron chi connectivity index (χ0n) is 9.54. The molecule has 1 aromatic carbocycles. The van der Waals surface area contributed by atoms with Crippen LogP contribution in [-0.4, -0.2) is 28.8 Å². The van der Waals surface area contributed by atoms with Crippen LogP contribution in [-0.2, 0) is 0 Å². The van der Waals surface area contributed by atoms with Crippen molar-refractivity contribution in [2.45, 2.75) is 0 Å². The van der Waals surface area contributed by atoms with Crippen molar-refractivity contribution in [1.29, 1.82) is 10.5 Å². The Morgan fingerprint density at radius 1 is 1.37 bits per heavy atom. The fourth-order valence-electron chi connectivity index (χ4n) is 1.34. The maximum Gasteiger partial charge on any atom is 0.288 e. The molecule has 0 N–H and O–H groups in total. The van der Waals surface area contributed by atoms with Crippen LogP contribution in [0.2, 0.25) is 5.02 Å². The Bertz CT molecular complexity index is 587. The van der Waals surface area contributed by atoms with Crippen molar-refractivity contribution in [2.75, 3.05) is 13.1 Å². The Morgan fingerprint density at radius 2 is 1.95 bits per heavy atom. The number of nitriles is 2. The molecule has 0 saturated carbocycles. The van der Waals surface area contributed by atoms with Crippen LogP contribution in [0.15, 0.2) is 18.2 Å². The van der Waals surface area contributed by atoms with Gasteiger partial charge in [0.15, 0.2) is 0 Å². The summed E-state index contributed by atoms with van der Waals surface area (Å²) in [6.07, 6.45) is 0. The van der Waals surface area contributed by atoms with Crippen molar-refractivity contribution in [3.05, 3.63) is 38.9 Å². The lowest BCUT2D eigenvalue weighted by Gasteiger charge is -2.15. The van der Waals surface area contributed by atoms with Gasteiger partial charge in [0.05, 0.1) is 17.1 Å². The largest absolute Gasteiger partial charge is 0.312 e. The Labute approximate surface area is 113 Å². The van der Waals surface area contributed by atoms with Gasteiger partial charge in [-0.3, -0.25) is 14.9 Å². The first-order valence-corrected chi connectivity index (χ1v) is 5.36. The number of nitro groups is 1. The first kappa shape index (κ1) is 14.4. The normalized spacial score (nSPS) is 9.21. The SMILES string of the molecule is N#CCN(CC#N)C(=O)c1ccc(Cl)c([N+](=O)[O-])c1. The summed E-state index contributed by atoms with van der Waals surface area (Å²) in [5, 5.41) is 27.7. The molecule has 0 heterocycles. The maximum atomic E-state index is 12.0. The smallest absolute Gasteiger partial charge is 0.288 e. The Kier molecular flexibility index (Phi) is 4.81. The zero-order valence-corrected chi connectivity index (χ0v) is 10.3. The average Bonchev–Trinajstić information content (AvgIpc) is 2.38. The van der Waals surface area contributed by atoms with Gasteiger partial charge in [-0.2, -0.15) is 10.5 Å². The van der Waals surface area contributed by atoms with Crippen LogP contribution in [0.1, 0.15) is 10.4 Å². The molecule has 0 saturated heterocycles. The van der Waals surface area contributed by atoms with Gasteiger partial charge in [0.2, 0.25) is 0 Å².